The molecule has 0 radical (unpaired) electrons. The van der Waals surface area contributed by atoms with Crippen molar-refractivity contribution in [2.75, 3.05) is 0 Å². The molecular weight excluding hydrogens is 445 g/mol. The standard InChI is InChI=1S/C25H17Cl2N3O2/c1-16-23(12-19(14-28)17-7-10-21(11-8-17)30(31)32)22-4-2-3-5-25(22)29(16)15-18-6-9-20(26)13-24(18)27/h2-13H,15H2,1H3/b19-12-. The minimum atomic E-state index is -0.459. The highest BCUT2D eigenvalue weighted by Gasteiger charge is 2.15. The van der Waals surface area contributed by atoms with Crippen molar-refractivity contribution in [1.82, 2.24) is 4.57 Å². The third kappa shape index (κ3) is 4.11. The number of fused-ring (bicyclic) bond motifs is 1. The molecule has 3 aromatic carbocycles. The molecule has 1 aromatic heterocycles. The van der Waals surface area contributed by atoms with Crippen molar-refractivity contribution < 1.29 is 4.92 Å². The highest BCUT2D eigenvalue weighted by Crippen LogP contribution is 2.32. The summed E-state index contributed by atoms with van der Waals surface area (Å²) >= 11 is 12.5. The van der Waals surface area contributed by atoms with Crippen LogP contribution in [0.15, 0.2) is 66.7 Å². The first-order valence-corrected chi connectivity index (χ1v) is 10.5. The minimum Gasteiger partial charge on any atom is -0.340 e. The third-order valence-electron chi connectivity index (χ3n) is 5.42. The van der Waals surface area contributed by atoms with Crippen molar-refractivity contribution in [3.63, 3.8) is 0 Å². The molecule has 0 unspecified atom stereocenters. The zero-order valence-electron chi connectivity index (χ0n) is 17.0. The van der Waals surface area contributed by atoms with E-state index in [-0.39, 0.29) is 5.69 Å². The van der Waals surface area contributed by atoms with Gasteiger partial charge in [-0.25, -0.2) is 0 Å². The van der Waals surface area contributed by atoms with Crippen molar-refractivity contribution in [1.29, 1.82) is 5.26 Å². The van der Waals surface area contributed by atoms with Gasteiger partial charge in [-0.3, -0.25) is 10.1 Å². The minimum absolute atomic E-state index is 0.0151. The van der Waals surface area contributed by atoms with Crippen molar-refractivity contribution >= 4 is 51.4 Å². The molecule has 0 aliphatic rings. The van der Waals surface area contributed by atoms with Crippen LogP contribution in [0.1, 0.15) is 22.4 Å². The van der Waals surface area contributed by atoms with E-state index < -0.39 is 4.92 Å². The lowest BCUT2D eigenvalue weighted by Gasteiger charge is -2.11. The molecule has 4 aromatic rings. The summed E-state index contributed by atoms with van der Waals surface area (Å²) in [5.74, 6) is 0. The molecule has 1 heterocycles. The predicted octanol–water partition coefficient (Wildman–Crippen LogP) is 7.28. The Balaban J connectivity index is 1.83. The lowest BCUT2D eigenvalue weighted by atomic mass is 10.0. The van der Waals surface area contributed by atoms with Crippen molar-refractivity contribution in [2.45, 2.75) is 13.5 Å². The van der Waals surface area contributed by atoms with E-state index in [1.165, 1.54) is 12.1 Å². The lowest BCUT2D eigenvalue weighted by molar-refractivity contribution is -0.384. The van der Waals surface area contributed by atoms with E-state index in [0.717, 1.165) is 27.7 Å². The topological polar surface area (TPSA) is 71.9 Å². The van der Waals surface area contributed by atoms with Crippen molar-refractivity contribution in [3.05, 3.63) is 109 Å². The number of rotatable bonds is 5. The first-order valence-electron chi connectivity index (χ1n) is 9.77. The van der Waals surface area contributed by atoms with Crippen LogP contribution in [0, 0.1) is 28.4 Å². The van der Waals surface area contributed by atoms with Gasteiger partial charge in [0.15, 0.2) is 0 Å². The molecule has 0 fully saturated rings. The quantitative estimate of drug-likeness (QED) is 0.178. The molecule has 7 heteroatoms. The summed E-state index contributed by atoms with van der Waals surface area (Å²) in [5, 5.41) is 22.9. The summed E-state index contributed by atoms with van der Waals surface area (Å²) in [4.78, 5) is 10.5. The molecule has 0 N–H and O–H groups in total. The van der Waals surface area contributed by atoms with Gasteiger partial charge in [-0.1, -0.05) is 47.5 Å². The number of nitro groups is 1. The van der Waals surface area contributed by atoms with Gasteiger partial charge in [-0.15, -0.1) is 0 Å². The summed E-state index contributed by atoms with van der Waals surface area (Å²) in [6.07, 6.45) is 1.83. The molecule has 5 nitrogen and oxygen atoms in total. The maximum absolute atomic E-state index is 10.9. The van der Waals surface area contributed by atoms with Gasteiger partial charge in [0.2, 0.25) is 0 Å². The number of benzene rings is 3. The number of aromatic nitrogens is 1. The number of hydrogen-bond acceptors (Lipinski definition) is 3. The first-order chi connectivity index (χ1) is 15.4. The Morgan fingerprint density at radius 2 is 1.84 bits per heavy atom. The molecule has 32 heavy (non-hydrogen) atoms. The van der Waals surface area contributed by atoms with Crippen LogP contribution in [-0.2, 0) is 6.54 Å². The zero-order chi connectivity index (χ0) is 22.8. The van der Waals surface area contributed by atoms with Gasteiger partial charge in [-0.2, -0.15) is 5.26 Å². The maximum Gasteiger partial charge on any atom is 0.269 e. The van der Waals surface area contributed by atoms with E-state index in [1.54, 1.807) is 18.2 Å². The second-order valence-corrected chi connectivity index (χ2v) is 8.16. The third-order valence-corrected chi connectivity index (χ3v) is 6.01. The Hall–Kier alpha value is -3.59. The molecule has 0 aliphatic heterocycles. The second-order valence-electron chi connectivity index (χ2n) is 7.31. The van der Waals surface area contributed by atoms with Crippen LogP contribution in [0.3, 0.4) is 0 Å². The Morgan fingerprint density at radius 3 is 2.50 bits per heavy atom. The largest absolute Gasteiger partial charge is 0.340 e. The average molecular weight is 462 g/mol. The van der Waals surface area contributed by atoms with E-state index in [1.807, 2.05) is 49.4 Å². The maximum atomic E-state index is 10.9. The molecule has 0 saturated heterocycles. The Morgan fingerprint density at radius 1 is 1.12 bits per heavy atom. The Bertz CT molecular complexity index is 1410. The fourth-order valence-corrected chi connectivity index (χ4v) is 4.22. The van der Waals surface area contributed by atoms with Crippen LogP contribution in [0.4, 0.5) is 5.69 Å². The number of nitriles is 1. The van der Waals surface area contributed by atoms with E-state index in [4.69, 9.17) is 23.2 Å². The van der Waals surface area contributed by atoms with Gasteiger partial charge in [0.1, 0.15) is 0 Å². The number of nitrogens with zero attached hydrogens (tertiary/aromatic N) is 3. The van der Waals surface area contributed by atoms with E-state index >= 15 is 0 Å². The number of para-hydroxylation sites is 1. The lowest BCUT2D eigenvalue weighted by Crippen LogP contribution is -2.02. The molecule has 0 spiro atoms. The normalized spacial score (nSPS) is 11.5. The summed E-state index contributed by atoms with van der Waals surface area (Å²) in [7, 11) is 0. The fraction of sp³-hybridized carbons (Fsp3) is 0.0800. The summed E-state index contributed by atoms with van der Waals surface area (Å²) in [6, 6.07) is 21.6. The van der Waals surface area contributed by atoms with Gasteiger partial charge < -0.3 is 4.57 Å². The van der Waals surface area contributed by atoms with Gasteiger partial charge in [0.25, 0.3) is 5.69 Å². The van der Waals surface area contributed by atoms with Gasteiger partial charge in [0.05, 0.1) is 16.6 Å². The molecule has 0 saturated carbocycles. The highest BCUT2D eigenvalue weighted by molar-refractivity contribution is 6.35. The number of nitro benzene ring substituents is 1. The van der Waals surface area contributed by atoms with Gasteiger partial charge in [-0.05, 0) is 54.5 Å². The number of hydrogen-bond donors (Lipinski definition) is 0. The predicted molar refractivity (Wildman–Crippen MR) is 129 cm³/mol. The molecular formula is C25H17Cl2N3O2. The van der Waals surface area contributed by atoms with Crippen LogP contribution < -0.4 is 0 Å². The summed E-state index contributed by atoms with van der Waals surface area (Å²) in [5.41, 5.74) is 4.88. The van der Waals surface area contributed by atoms with Gasteiger partial charge in [0, 0.05) is 50.9 Å². The van der Waals surface area contributed by atoms with E-state index in [0.29, 0.717) is 27.7 Å². The fourth-order valence-electron chi connectivity index (χ4n) is 3.75. The van der Waals surface area contributed by atoms with E-state index in [9.17, 15) is 15.4 Å². The Kier molecular flexibility index (Phi) is 6.00. The number of non-ortho nitro benzene ring substituents is 1. The zero-order valence-corrected chi connectivity index (χ0v) is 18.6. The monoisotopic (exact) mass is 461 g/mol. The average Bonchev–Trinajstić information content (AvgIpc) is 3.05. The molecule has 0 amide bonds. The van der Waals surface area contributed by atoms with Crippen LogP contribution in [0.25, 0.3) is 22.6 Å². The first kappa shape index (κ1) is 21.6. The molecule has 4 rings (SSSR count). The van der Waals surface area contributed by atoms with Crippen molar-refractivity contribution in [3.8, 4) is 6.07 Å². The van der Waals surface area contributed by atoms with E-state index in [2.05, 4.69) is 10.6 Å². The molecule has 0 atom stereocenters. The summed E-state index contributed by atoms with van der Waals surface area (Å²) in [6.45, 7) is 2.55. The molecule has 0 aliphatic carbocycles. The Labute approximate surface area is 194 Å². The number of halogens is 2. The van der Waals surface area contributed by atoms with Gasteiger partial charge >= 0.3 is 0 Å². The smallest absolute Gasteiger partial charge is 0.269 e. The second kappa shape index (κ2) is 8.88. The van der Waals surface area contributed by atoms with Crippen LogP contribution in [0.2, 0.25) is 10.0 Å². The number of allylic oxidation sites excluding steroid dienone is 1. The SMILES string of the molecule is Cc1c(/C=C(/C#N)c2ccc([N+](=O)[O-])cc2)c2ccccc2n1Cc1ccc(Cl)cc1Cl. The van der Waals surface area contributed by atoms with Crippen molar-refractivity contribution in [2.24, 2.45) is 0 Å². The summed E-state index contributed by atoms with van der Waals surface area (Å²) < 4.78 is 2.15. The molecule has 0 bridgehead atoms. The van der Waals surface area contributed by atoms with Crippen LogP contribution in [-0.4, -0.2) is 9.49 Å². The van der Waals surface area contributed by atoms with Crippen LogP contribution >= 0.6 is 23.2 Å². The highest BCUT2D eigenvalue weighted by atomic mass is 35.5. The van der Waals surface area contributed by atoms with Crippen LogP contribution in [0.5, 0.6) is 0 Å². The molecule has 158 valence electrons.